The quantitative estimate of drug-likeness (QED) is 0.607. The molecule has 0 spiro atoms. The van der Waals surface area contributed by atoms with Crippen molar-refractivity contribution in [3.8, 4) is 11.8 Å². The van der Waals surface area contributed by atoms with Gasteiger partial charge in [-0.05, 0) is 19.1 Å². The van der Waals surface area contributed by atoms with Crippen LogP contribution in [0.4, 0.5) is 5.69 Å². The lowest BCUT2D eigenvalue weighted by Crippen LogP contribution is -2.23. The molecule has 0 bridgehead atoms. The predicted molar refractivity (Wildman–Crippen MR) is 57.0 cm³/mol. The fraction of sp³-hybridized carbons (Fsp3) is 0.300. The van der Waals surface area contributed by atoms with E-state index >= 15 is 0 Å². The van der Waals surface area contributed by atoms with Gasteiger partial charge in [0.05, 0.1) is 16.6 Å². The Morgan fingerprint density at radius 1 is 1.69 bits per heavy atom. The molecule has 0 saturated heterocycles. The van der Waals surface area contributed by atoms with Gasteiger partial charge >= 0.3 is 5.69 Å². The maximum atomic E-state index is 10.7. The van der Waals surface area contributed by atoms with Crippen LogP contribution in [-0.2, 0) is 0 Å². The molecule has 6 nitrogen and oxygen atoms in total. The van der Waals surface area contributed by atoms with E-state index in [4.69, 9.17) is 15.7 Å². The van der Waals surface area contributed by atoms with E-state index in [9.17, 15) is 10.1 Å². The molecule has 2 N–H and O–H groups in total. The van der Waals surface area contributed by atoms with Crippen molar-refractivity contribution in [2.75, 3.05) is 6.54 Å². The standard InChI is InChI=1S/C10H11N3O3/c1-7(5-11)16-10-3-2-8(6-12)4-9(10)13(14)15/h2-4,7H,5,11H2,1H3. The second-order valence-corrected chi connectivity index (χ2v) is 3.22. The van der Waals surface area contributed by atoms with Gasteiger partial charge in [0.15, 0.2) is 5.75 Å². The zero-order valence-corrected chi connectivity index (χ0v) is 8.71. The summed E-state index contributed by atoms with van der Waals surface area (Å²) >= 11 is 0. The van der Waals surface area contributed by atoms with Crippen LogP contribution in [-0.4, -0.2) is 17.6 Å². The molecule has 0 aliphatic heterocycles. The van der Waals surface area contributed by atoms with Crippen molar-refractivity contribution >= 4 is 5.69 Å². The first-order valence-electron chi connectivity index (χ1n) is 4.63. The Morgan fingerprint density at radius 2 is 2.38 bits per heavy atom. The molecule has 0 saturated carbocycles. The summed E-state index contributed by atoms with van der Waals surface area (Å²) in [5.74, 6) is 0.127. The van der Waals surface area contributed by atoms with Gasteiger partial charge in [0, 0.05) is 12.6 Å². The largest absolute Gasteiger partial charge is 0.482 e. The molecule has 0 aromatic heterocycles. The van der Waals surface area contributed by atoms with Crippen molar-refractivity contribution in [2.24, 2.45) is 5.73 Å². The topological polar surface area (TPSA) is 102 Å². The molecule has 0 heterocycles. The molecule has 6 heteroatoms. The maximum Gasteiger partial charge on any atom is 0.312 e. The molecule has 16 heavy (non-hydrogen) atoms. The summed E-state index contributed by atoms with van der Waals surface area (Å²) in [7, 11) is 0. The van der Waals surface area contributed by atoms with Gasteiger partial charge < -0.3 is 10.5 Å². The Hall–Kier alpha value is -2.13. The monoisotopic (exact) mass is 221 g/mol. The third-order valence-corrected chi connectivity index (χ3v) is 1.94. The third-order valence-electron chi connectivity index (χ3n) is 1.94. The van der Waals surface area contributed by atoms with Crippen molar-refractivity contribution in [1.82, 2.24) is 0 Å². The second kappa shape index (κ2) is 5.09. The minimum Gasteiger partial charge on any atom is -0.482 e. The van der Waals surface area contributed by atoms with E-state index in [2.05, 4.69) is 0 Å². The average molecular weight is 221 g/mol. The lowest BCUT2D eigenvalue weighted by Gasteiger charge is -2.12. The highest BCUT2D eigenvalue weighted by Crippen LogP contribution is 2.28. The number of hydrogen-bond donors (Lipinski definition) is 1. The zero-order chi connectivity index (χ0) is 12.1. The summed E-state index contributed by atoms with van der Waals surface area (Å²) in [4.78, 5) is 10.2. The molecule has 1 rings (SSSR count). The number of nitro groups is 1. The van der Waals surface area contributed by atoms with Crippen LogP contribution < -0.4 is 10.5 Å². The minimum absolute atomic E-state index is 0.127. The summed E-state index contributed by atoms with van der Waals surface area (Å²) in [5, 5.41) is 19.4. The van der Waals surface area contributed by atoms with Crippen LogP contribution in [0.3, 0.4) is 0 Å². The van der Waals surface area contributed by atoms with Gasteiger partial charge in [-0.2, -0.15) is 5.26 Å². The first-order valence-corrected chi connectivity index (χ1v) is 4.63. The molecule has 84 valence electrons. The van der Waals surface area contributed by atoms with Crippen molar-refractivity contribution in [3.63, 3.8) is 0 Å². The molecule has 0 fully saturated rings. The highest BCUT2D eigenvalue weighted by molar-refractivity contribution is 5.51. The van der Waals surface area contributed by atoms with Crippen molar-refractivity contribution in [3.05, 3.63) is 33.9 Å². The van der Waals surface area contributed by atoms with Crippen LogP contribution in [0.1, 0.15) is 12.5 Å². The van der Waals surface area contributed by atoms with Gasteiger partial charge in [0.25, 0.3) is 0 Å². The van der Waals surface area contributed by atoms with E-state index in [1.54, 1.807) is 6.92 Å². The SMILES string of the molecule is CC(CN)Oc1ccc(C#N)cc1[N+](=O)[O-]. The number of benzene rings is 1. The number of nitrogens with two attached hydrogens (primary N) is 1. The van der Waals surface area contributed by atoms with E-state index < -0.39 is 4.92 Å². The Balaban J connectivity index is 3.09. The summed E-state index contributed by atoms with van der Waals surface area (Å²) in [5.41, 5.74) is 5.35. The zero-order valence-electron chi connectivity index (χ0n) is 8.71. The van der Waals surface area contributed by atoms with Crippen LogP contribution in [0.5, 0.6) is 5.75 Å². The number of rotatable bonds is 4. The molecule has 0 aliphatic carbocycles. The van der Waals surface area contributed by atoms with Gasteiger partial charge in [-0.1, -0.05) is 0 Å². The van der Waals surface area contributed by atoms with E-state index in [0.717, 1.165) is 0 Å². The smallest absolute Gasteiger partial charge is 0.312 e. The Kier molecular flexibility index (Phi) is 3.80. The Morgan fingerprint density at radius 3 is 2.88 bits per heavy atom. The lowest BCUT2D eigenvalue weighted by molar-refractivity contribution is -0.386. The van der Waals surface area contributed by atoms with Gasteiger partial charge in [0.1, 0.15) is 6.10 Å². The van der Waals surface area contributed by atoms with Crippen molar-refractivity contribution < 1.29 is 9.66 Å². The number of ether oxygens (including phenoxy) is 1. The Bertz CT molecular complexity index is 439. The van der Waals surface area contributed by atoms with Crippen LogP contribution in [0.2, 0.25) is 0 Å². The molecule has 0 radical (unpaired) electrons. The third kappa shape index (κ3) is 2.68. The van der Waals surface area contributed by atoms with E-state index in [0.29, 0.717) is 0 Å². The van der Waals surface area contributed by atoms with Crippen molar-refractivity contribution in [2.45, 2.75) is 13.0 Å². The molecule has 1 aromatic rings. The lowest BCUT2D eigenvalue weighted by atomic mass is 10.2. The molecule has 0 aliphatic rings. The highest BCUT2D eigenvalue weighted by Gasteiger charge is 2.17. The summed E-state index contributed by atoms with van der Waals surface area (Å²) in [6, 6.07) is 5.88. The maximum absolute atomic E-state index is 10.7. The number of nitrogens with zero attached hydrogens (tertiary/aromatic N) is 2. The highest BCUT2D eigenvalue weighted by atomic mass is 16.6. The second-order valence-electron chi connectivity index (χ2n) is 3.22. The van der Waals surface area contributed by atoms with Gasteiger partial charge in [0.2, 0.25) is 0 Å². The fourth-order valence-corrected chi connectivity index (χ4v) is 1.09. The van der Waals surface area contributed by atoms with Gasteiger partial charge in [-0.3, -0.25) is 10.1 Å². The van der Waals surface area contributed by atoms with E-state index in [1.807, 2.05) is 6.07 Å². The minimum atomic E-state index is -0.584. The van der Waals surface area contributed by atoms with E-state index in [-0.39, 0.29) is 29.6 Å². The summed E-state index contributed by atoms with van der Waals surface area (Å²) in [6.07, 6.45) is -0.313. The van der Waals surface area contributed by atoms with Gasteiger partial charge in [-0.15, -0.1) is 0 Å². The van der Waals surface area contributed by atoms with Gasteiger partial charge in [-0.25, -0.2) is 0 Å². The molecular weight excluding hydrogens is 210 g/mol. The average Bonchev–Trinajstić information content (AvgIpc) is 2.29. The van der Waals surface area contributed by atoms with Crippen LogP contribution >= 0.6 is 0 Å². The first-order chi connectivity index (χ1) is 7.58. The normalized spacial score (nSPS) is 11.6. The molecule has 1 aromatic carbocycles. The molecule has 1 unspecified atom stereocenters. The summed E-state index contributed by atoms with van der Waals surface area (Å²) < 4.78 is 5.28. The van der Waals surface area contributed by atoms with Crippen LogP contribution in [0.25, 0.3) is 0 Å². The Labute approximate surface area is 92.4 Å². The molecular formula is C10H11N3O3. The van der Waals surface area contributed by atoms with Crippen LogP contribution in [0.15, 0.2) is 18.2 Å². The fourth-order valence-electron chi connectivity index (χ4n) is 1.09. The predicted octanol–water partition coefficient (Wildman–Crippen LogP) is 1.19. The number of nitro benzene ring substituents is 1. The van der Waals surface area contributed by atoms with E-state index in [1.165, 1.54) is 18.2 Å². The molecule has 0 amide bonds. The molecule has 1 atom stereocenters. The number of hydrogen-bond acceptors (Lipinski definition) is 5. The summed E-state index contributed by atoms with van der Waals surface area (Å²) in [6.45, 7) is 1.97. The van der Waals surface area contributed by atoms with Crippen molar-refractivity contribution in [1.29, 1.82) is 5.26 Å². The van der Waals surface area contributed by atoms with Crippen LogP contribution in [0, 0.1) is 21.4 Å². The first kappa shape index (κ1) is 11.9. The number of nitriles is 1.